The van der Waals surface area contributed by atoms with Crippen LogP contribution in [0.1, 0.15) is 5.56 Å². The van der Waals surface area contributed by atoms with Crippen LogP contribution in [0.3, 0.4) is 0 Å². The number of H-pyrrole nitrogens is 1. The number of benzene rings is 2. The Balaban J connectivity index is 1.52. The Morgan fingerprint density at radius 3 is 2.74 bits per heavy atom. The quantitative estimate of drug-likeness (QED) is 0.705. The van der Waals surface area contributed by atoms with Crippen LogP contribution in [0.15, 0.2) is 42.7 Å². The van der Waals surface area contributed by atoms with Crippen LogP contribution in [0, 0.1) is 17.6 Å². The van der Waals surface area contributed by atoms with E-state index in [1.807, 2.05) is 0 Å². The zero-order chi connectivity index (χ0) is 19.0. The average molecular weight is 390 g/mol. The maximum atomic E-state index is 14.3. The van der Waals surface area contributed by atoms with E-state index in [0.29, 0.717) is 17.2 Å². The molecule has 2 aromatic carbocycles. The third kappa shape index (κ3) is 3.50. The fraction of sp³-hybridized carbons (Fsp3) is 0.158. The molecule has 1 unspecified atom stereocenters. The lowest BCUT2D eigenvalue weighted by Crippen LogP contribution is -2.32. The first-order valence-corrected chi connectivity index (χ1v) is 8.59. The number of rotatable bonds is 3. The lowest BCUT2D eigenvalue weighted by atomic mass is 9.96. The number of halogens is 3. The molecule has 138 valence electrons. The van der Waals surface area contributed by atoms with E-state index in [2.05, 4.69) is 15.5 Å². The number of nitrogens with one attached hydrogen (secondary N) is 2. The van der Waals surface area contributed by atoms with Crippen LogP contribution in [-0.4, -0.2) is 22.7 Å². The Morgan fingerprint density at radius 1 is 1.26 bits per heavy atom. The van der Waals surface area contributed by atoms with Crippen LogP contribution in [0.2, 0.25) is 5.02 Å². The molecule has 5 nitrogen and oxygen atoms in total. The molecule has 1 atom stereocenters. The molecule has 0 aliphatic carbocycles. The Kier molecular flexibility index (Phi) is 4.53. The second kappa shape index (κ2) is 7.00. The summed E-state index contributed by atoms with van der Waals surface area (Å²) in [5, 5.41) is 9.30. The maximum absolute atomic E-state index is 14.3. The number of aromatic amines is 1. The zero-order valence-corrected chi connectivity index (χ0v) is 14.7. The third-order valence-electron chi connectivity index (χ3n) is 4.40. The van der Waals surface area contributed by atoms with Crippen LogP contribution in [0.4, 0.5) is 14.5 Å². The SMILES string of the molecule is O=C(Nc1cc(F)c(-c2cn[nH]c2)c(F)c1)C1COc2ccc(Cl)cc2C1. The minimum absolute atomic E-state index is 0.0409. The summed E-state index contributed by atoms with van der Waals surface area (Å²) in [6, 6.07) is 7.38. The van der Waals surface area contributed by atoms with Crippen LogP contribution in [-0.2, 0) is 11.2 Å². The first-order valence-electron chi connectivity index (χ1n) is 8.21. The van der Waals surface area contributed by atoms with Gasteiger partial charge in [0.1, 0.15) is 24.0 Å². The van der Waals surface area contributed by atoms with Crippen molar-refractivity contribution in [2.75, 3.05) is 11.9 Å². The number of carbonyl (C=O) groups excluding carboxylic acids is 1. The summed E-state index contributed by atoms with van der Waals surface area (Å²) < 4.78 is 34.3. The van der Waals surface area contributed by atoms with Crippen LogP contribution in [0.25, 0.3) is 11.1 Å². The molecular weight excluding hydrogens is 376 g/mol. The van der Waals surface area contributed by atoms with Crippen molar-refractivity contribution < 1.29 is 18.3 Å². The van der Waals surface area contributed by atoms with Gasteiger partial charge in [-0.15, -0.1) is 0 Å². The summed E-state index contributed by atoms with van der Waals surface area (Å²) in [4.78, 5) is 12.5. The fourth-order valence-corrected chi connectivity index (χ4v) is 3.28. The Hall–Kier alpha value is -2.93. The van der Waals surface area contributed by atoms with Gasteiger partial charge in [0.2, 0.25) is 5.91 Å². The number of ether oxygens (including phenoxy) is 1. The van der Waals surface area contributed by atoms with Crippen molar-refractivity contribution in [2.45, 2.75) is 6.42 Å². The zero-order valence-electron chi connectivity index (χ0n) is 13.9. The molecule has 0 fully saturated rings. The number of anilines is 1. The summed E-state index contributed by atoms with van der Waals surface area (Å²) in [7, 11) is 0. The number of hydrogen-bond donors (Lipinski definition) is 2. The van der Waals surface area contributed by atoms with Gasteiger partial charge in [-0.1, -0.05) is 11.6 Å². The topological polar surface area (TPSA) is 67.0 Å². The third-order valence-corrected chi connectivity index (χ3v) is 4.63. The van der Waals surface area contributed by atoms with Gasteiger partial charge in [-0.3, -0.25) is 9.89 Å². The predicted molar refractivity (Wildman–Crippen MR) is 96.7 cm³/mol. The summed E-state index contributed by atoms with van der Waals surface area (Å²) in [6.45, 7) is 0.179. The van der Waals surface area contributed by atoms with Gasteiger partial charge in [0, 0.05) is 22.5 Å². The summed E-state index contributed by atoms with van der Waals surface area (Å²) in [6.07, 6.45) is 3.14. The second-order valence-corrected chi connectivity index (χ2v) is 6.69. The molecule has 1 amide bonds. The molecule has 0 radical (unpaired) electrons. The molecular formula is C19H14ClF2N3O2. The molecule has 2 heterocycles. The normalized spacial score (nSPS) is 15.7. The highest BCUT2D eigenvalue weighted by molar-refractivity contribution is 6.30. The van der Waals surface area contributed by atoms with Gasteiger partial charge < -0.3 is 10.1 Å². The van der Waals surface area contributed by atoms with E-state index in [4.69, 9.17) is 16.3 Å². The van der Waals surface area contributed by atoms with Gasteiger partial charge >= 0.3 is 0 Å². The van der Waals surface area contributed by atoms with Crippen molar-refractivity contribution in [1.29, 1.82) is 0 Å². The summed E-state index contributed by atoms with van der Waals surface area (Å²) >= 11 is 5.98. The van der Waals surface area contributed by atoms with Crippen molar-refractivity contribution in [1.82, 2.24) is 10.2 Å². The number of fused-ring (bicyclic) bond motifs is 1. The van der Waals surface area contributed by atoms with Crippen molar-refractivity contribution in [2.24, 2.45) is 5.92 Å². The van der Waals surface area contributed by atoms with Gasteiger partial charge in [0.25, 0.3) is 0 Å². The van der Waals surface area contributed by atoms with E-state index >= 15 is 0 Å². The van der Waals surface area contributed by atoms with Gasteiger partial charge in [0.05, 0.1) is 17.7 Å². The molecule has 1 aliphatic rings. The van der Waals surface area contributed by atoms with Crippen LogP contribution >= 0.6 is 11.6 Å². The van der Waals surface area contributed by atoms with Gasteiger partial charge in [-0.05, 0) is 42.3 Å². The van der Waals surface area contributed by atoms with Crippen molar-refractivity contribution in [3.63, 3.8) is 0 Å². The number of carbonyl (C=O) groups is 1. The number of aromatic nitrogens is 2. The van der Waals surface area contributed by atoms with Gasteiger partial charge in [-0.2, -0.15) is 5.10 Å². The van der Waals surface area contributed by atoms with Crippen molar-refractivity contribution >= 4 is 23.2 Å². The molecule has 0 spiro atoms. The molecule has 8 heteroatoms. The lowest BCUT2D eigenvalue weighted by molar-refractivity contribution is -0.121. The van der Waals surface area contributed by atoms with E-state index in [9.17, 15) is 13.6 Å². The first-order chi connectivity index (χ1) is 13.0. The van der Waals surface area contributed by atoms with Crippen LogP contribution in [0.5, 0.6) is 5.75 Å². The number of nitrogens with zero attached hydrogens (tertiary/aromatic N) is 1. The lowest BCUT2D eigenvalue weighted by Gasteiger charge is -2.24. The van der Waals surface area contributed by atoms with Crippen molar-refractivity contribution in [3.05, 3.63) is 64.9 Å². The van der Waals surface area contributed by atoms with E-state index in [1.165, 1.54) is 12.4 Å². The number of hydrogen-bond acceptors (Lipinski definition) is 3. The van der Waals surface area contributed by atoms with E-state index < -0.39 is 17.6 Å². The van der Waals surface area contributed by atoms with Crippen molar-refractivity contribution in [3.8, 4) is 16.9 Å². The van der Waals surface area contributed by atoms with E-state index in [-0.39, 0.29) is 29.3 Å². The largest absolute Gasteiger partial charge is 0.492 e. The van der Waals surface area contributed by atoms with Gasteiger partial charge in [0.15, 0.2) is 0 Å². The fourth-order valence-electron chi connectivity index (χ4n) is 3.08. The standard InChI is InChI=1S/C19H14ClF2N3O2/c20-13-1-2-17-10(4-13)3-11(9-27-17)19(26)25-14-5-15(21)18(16(22)6-14)12-7-23-24-8-12/h1-2,4-8,11H,3,9H2,(H,23,24)(H,25,26). The molecule has 0 saturated heterocycles. The Labute approximate surface area is 158 Å². The molecule has 3 aromatic rings. The minimum Gasteiger partial charge on any atom is -0.492 e. The molecule has 0 bridgehead atoms. The van der Waals surface area contributed by atoms with E-state index in [0.717, 1.165) is 17.7 Å². The summed E-state index contributed by atoms with van der Waals surface area (Å²) in [5.74, 6) is -1.76. The summed E-state index contributed by atoms with van der Waals surface area (Å²) in [5.41, 5.74) is 0.948. The smallest absolute Gasteiger partial charge is 0.231 e. The second-order valence-electron chi connectivity index (χ2n) is 6.26. The highest BCUT2D eigenvalue weighted by atomic mass is 35.5. The maximum Gasteiger partial charge on any atom is 0.231 e. The van der Waals surface area contributed by atoms with E-state index in [1.54, 1.807) is 18.2 Å². The first kappa shape index (κ1) is 17.5. The predicted octanol–water partition coefficient (Wildman–Crippen LogP) is 4.20. The van der Waals surface area contributed by atoms with Gasteiger partial charge in [-0.25, -0.2) is 8.78 Å². The minimum atomic E-state index is -0.788. The molecule has 2 N–H and O–H groups in total. The monoisotopic (exact) mass is 389 g/mol. The molecule has 0 saturated carbocycles. The Bertz CT molecular complexity index is 985. The Morgan fingerprint density at radius 2 is 2.04 bits per heavy atom. The van der Waals surface area contributed by atoms with Crippen LogP contribution < -0.4 is 10.1 Å². The molecule has 4 rings (SSSR count). The highest BCUT2D eigenvalue weighted by Crippen LogP contribution is 2.31. The highest BCUT2D eigenvalue weighted by Gasteiger charge is 2.27. The molecule has 27 heavy (non-hydrogen) atoms. The number of amides is 1. The molecule has 1 aliphatic heterocycles. The average Bonchev–Trinajstić information content (AvgIpc) is 3.14. The molecule has 1 aromatic heterocycles.